The minimum absolute atomic E-state index is 0. The molecule has 0 spiro atoms. The lowest BCUT2D eigenvalue weighted by molar-refractivity contribution is 0.105. The van der Waals surface area contributed by atoms with Gasteiger partial charge in [-0.25, -0.2) is 0 Å². The van der Waals surface area contributed by atoms with Crippen LogP contribution in [0.3, 0.4) is 0 Å². The zero-order chi connectivity index (χ0) is 17.4. The first kappa shape index (κ1) is 23.0. The molecule has 1 atom stereocenters. The van der Waals surface area contributed by atoms with E-state index in [4.69, 9.17) is 4.74 Å². The van der Waals surface area contributed by atoms with Crippen molar-refractivity contribution < 1.29 is 4.74 Å². The Bertz CT molecular complexity index is 395. The summed E-state index contributed by atoms with van der Waals surface area (Å²) in [5.74, 6) is 0.939. The average molecular weight is 466 g/mol. The molecule has 6 heteroatoms. The van der Waals surface area contributed by atoms with Gasteiger partial charge in [0, 0.05) is 45.4 Å². The second-order valence-corrected chi connectivity index (χ2v) is 7.71. The summed E-state index contributed by atoms with van der Waals surface area (Å²) >= 11 is 0. The van der Waals surface area contributed by atoms with E-state index in [0.29, 0.717) is 11.5 Å². The smallest absolute Gasteiger partial charge is 0.191 e. The molecule has 5 nitrogen and oxygen atoms in total. The lowest BCUT2D eigenvalue weighted by atomic mass is 9.83. The standard InChI is InChI=1S/C19H38N4O.HI/c1-5-24-13-12-19(10-6-7-11-19)15-22-18(20-3)21-14-16(2)23(4)17-8-9-17;/h16-17H,5-15H2,1-4H3,(H2,20,21,22);1H. The highest BCUT2D eigenvalue weighted by molar-refractivity contribution is 14.0. The molecule has 2 aliphatic rings. The SMILES string of the molecule is CCOCCC1(CNC(=NC)NCC(C)N(C)C2CC2)CCCC1.I. The third-order valence-corrected chi connectivity index (χ3v) is 5.88. The molecule has 0 aromatic carbocycles. The summed E-state index contributed by atoms with van der Waals surface area (Å²) in [4.78, 5) is 6.90. The van der Waals surface area contributed by atoms with Gasteiger partial charge in [0.2, 0.25) is 0 Å². The molecule has 0 radical (unpaired) electrons. The highest BCUT2D eigenvalue weighted by Crippen LogP contribution is 2.40. The van der Waals surface area contributed by atoms with Gasteiger partial charge < -0.3 is 15.4 Å². The molecular formula is C19H39IN4O. The molecule has 2 fully saturated rings. The zero-order valence-electron chi connectivity index (χ0n) is 16.6. The summed E-state index contributed by atoms with van der Waals surface area (Å²) in [7, 11) is 4.10. The molecule has 0 bridgehead atoms. The number of guanidine groups is 1. The van der Waals surface area contributed by atoms with Crippen molar-refractivity contribution in [3.05, 3.63) is 0 Å². The van der Waals surface area contributed by atoms with E-state index >= 15 is 0 Å². The maximum atomic E-state index is 5.61. The van der Waals surface area contributed by atoms with Gasteiger partial charge in [0.05, 0.1) is 0 Å². The van der Waals surface area contributed by atoms with E-state index in [0.717, 1.165) is 44.7 Å². The maximum Gasteiger partial charge on any atom is 0.191 e. The van der Waals surface area contributed by atoms with E-state index in [1.165, 1.54) is 38.5 Å². The number of hydrogen-bond donors (Lipinski definition) is 2. The summed E-state index contributed by atoms with van der Waals surface area (Å²) in [5.41, 5.74) is 0.392. The molecule has 0 aromatic rings. The van der Waals surface area contributed by atoms with Gasteiger partial charge in [-0.15, -0.1) is 24.0 Å². The van der Waals surface area contributed by atoms with E-state index in [2.05, 4.69) is 41.4 Å². The lowest BCUT2D eigenvalue weighted by Crippen LogP contribution is -2.47. The second kappa shape index (κ2) is 11.6. The van der Waals surface area contributed by atoms with Crippen LogP contribution in [0.5, 0.6) is 0 Å². The summed E-state index contributed by atoms with van der Waals surface area (Å²) in [6.07, 6.45) is 9.19. The number of rotatable bonds is 10. The molecule has 2 N–H and O–H groups in total. The van der Waals surface area contributed by atoms with Crippen LogP contribution >= 0.6 is 24.0 Å². The molecule has 0 amide bonds. The Morgan fingerprint density at radius 2 is 1.96 bits per heavy atom. The first-order valence-electron chi connectivity index (χ1n) is 9.84. The van der Waals surface area contributed by atoms with E-state index in [9.17, 15) is 0 Å². The second-order valence-electron chi connectivity index (χ2n) is 7.71. The molecule has 0 aromatic heterocycles. The Hall–Kier alpha value is -0.0800. The topological polar surface area (TPSA) is 48.9 Å². The Morgan fingerprint density at radius 3 is 2.52 bits per heavy atom. The van der Waals surface area contributed by atoms with Crippen LogP contribution in [0.25, 0.3) is 0 Å². The fraction of sp³-hybridized carbons (Fsp3) is 0.947. The van der Waals surface area contributed by atoms with Gasteiger partial charge in [-0.2, -0.15) is 0 Å². The quantitative estimate of drug-likeness (QED) is 0.225. The third-order valence-electron chi connectivity index (χ3n) is 5.88. The largest absolute Gasteiger partial charge is 0.382 e. The number of likely N-dealkylation sites (N-methyl/N-ethyl adjacent to an activating group) is 1. The van der Waals surface area contributed by atoms with Crippen molar-refractivity contribution >= 4 is 29.9 Å². The molecule has 25 heavy (non-hydrogen) atoms. The number of hydrogen-bond acceptors (Lipinski definition) is 3. The Morgan fingerprint density at radius 1 is 1.28 bits per heavy atom. The molecule has 0 heterocycles. The molecule has 0 saturated heterocycles. The highest BCUT2D eigenvalue weighted by atomic mass is 127. The number of nitrogens with one attached hydrogen (secondary N) is 2. The fourth-order valence-corrected chi connectivity index (χ4v) is 3.80. The number of ether oxygens (including phenoxy) is 1. The number of nitrogens with zero attached hydrogens (tertiary/aromatic N) is 2. The van der Waals surface area contributed by atoms with Crippen LogP contribution in [-0.2, 0) is 4.74 Å². The van der Waals surface area contributed by atoms with Crippen LogP contribution in [0.2, 0.25) is 0 Å². The van der Waals surface area contributed by atoms with Gasteiger partial charge in [-0.1, -0.05) is 12.8 Å². The van der Waals surface area contributed by atoms with E-state index < -0.39 is 0 Å². The summed E-state index contributed by atoms with van der Waals surface area (Å²) in [6, 6.07) is 1.34. The summed E-state index contributed by atoms with van der Waals surface area (Å²) < 4.78 is 5.61. The molecular weight excluding hydrogens is 427 g/mol. The van der Waals surface area contributed by atoms with Crippen LogP contribution < -0.4 is 10.6 Å². The van der Waals surface area contributed by atoms with Crippen molar-refractivity contribution in [2.45, 2.75) is 70.9 Å². The predicted molar refractivity (Wildman–Crippen MR) is 117 cm³/mol. The van der Waals surface area contributed by atoms with E-state index in [-0.39, 0.29) is 24.0 Å². The van der Waals surface area contributed by atoms with E-state index in [1.54, 1.807) is 0 Å². The van der Waals surface area contributed by atoms with Gasteiger partial charge in [0.15, 0.2) is 5.96 Å². The minimum atomic E-state index is 0. The van der Waals surface area contributed by atoms with Crippen LogP contribution in [0, 0.1) is 5.41 Å². The lowest BCUT2D eigenvalue weighted by Gasteiger charge is -2.31. The fourth-order valence-electron chi connectivity index (χ4n) is 3.80. The highest BCUT2D eigenvalue weighted by Gasteiger charge is 2.33. The summed E-state index contributed by atoms with van der Waals surface area (Å²) in [5, 5.41) is 7.09. The number of aliphatic imine (C=N–C) groups is 1. The van der Waals surface area contributed by atoms with Gasteiger partial charge >= 0.3 is 0 Å². The zero-order valence-corrected chi connectivity index (χ0v) is 19.0. The number of halogens is 1. The Labute approximate surface area is 171 Å². The van der Waals surface area contributed by atoms with Crippen molar-refractivity contribution in [2.75, 3.05) is 40.4 Å². The predicted octanol–water partition coefficient (Wildman–Crippen LogP) is 3.24. The first-order valence-corrected chi connectivity index (χ1v) is 9.84. The Kier molecular flexibility index (Phi) is 10.6. The van der Waals surface area contributed by atoms with Crippen molar-refractivity contribution in [1.29, 1.82) is 0 Å². The maximum absolute atomic E-state index is 5.61. The van der Waals surface area contributed by atoms with Gasteiger partial charge in [0.25, 0.3) is 0 Å². The third kappa shape index (κ3) is 7.59. The molecule has 2 saturated carbocycles. The molecule has 148 valence electrons. The average Bonchev–Trinajstić information content (AvgIpc) is 3.34. The van der Waals surface area contributed by atoms with Crippen molar-refractivity contribution in [3.8, 4) is 0 Å². The van der Waals surface area contributed by atoms with Gasteiger partial charge in [-0.3, -0.25) is 9.89 Å². The van der Waals surface area contributed by atoms with Gasteiger partial charge in [0.1, 0.15) is 0 Å². The van der Waals surface area contributed by atoms with Crippen LogP contribution in [-0.4, -0.2) is 63.3 Å². The van der Waals surface area contributed by atoms with Crippen molar-refractivity contribution in [2.24, 2.45) is 10.4 Å². The van der Waals surface area contributed by atoms with E-state index in [1.807, 2.05) is 7.05 Å². The molecule has 1 unspecified atom stereocenters. The molecule has 2 rings (SSSR count). The molecule has 2 aliphatic carbocycles. The van der Waals surface area contributed by atoms with Crippen molar-refractivity contribution in [3.63, 3.8) is 0 Å². The first-order chi connectivity index (χ1) is 11.6. The monoisotopic (exact) mass is 466 g/mol. The minimum Gasteiger partial charge on any atom is -0.382 e. The van der Waals surface area contributed by atoms with Gasteiger partial charge in [-0.05, 0) is 58.4 Å². The van der Waals surface area contributed by atoms with Crippen molar-refractivity contribution in [1.82, 2.24) is 15.5 Å². The molecule has 0 aliphatic heterocycles. The van der Waals surface area contributed by atoms with Crippen LogP contribution in [0.1, 0.15) is 58.8 Å². The Balaban J connectivity index is 0.00000312. The van der Waals surface area contributed by atoms with Crippen LogP contribution in [0.15, 0.2) is 4.99 Å². The summed E-state index contributed by atoms with van der Waals surface area (Å²) in [6.45, 7) is 8.02. The van der Waals surface area contributed by atoms with Crippen LogP contribution in [0.4, 0.5) is 0 Å². The normalized spacial score (nSPS) is 21.1.